The van der Waals surface area contributed by atoms with Crippen LogP contribution in [0.5, 0.6) is 0 Å². The Balaban J connectivity index is 1.49. The van der Waals surface area contributed by atoms with Crippen molar-refractivity contribution >= 4 is 23.3 Å². The summed E-state index contributed by atoms with van der Waals surface area (Å²) in [6.07, 6.45) is 4.40. The van der Waals surface area contributed by atoms with E-state index in [9.17, 15) is 9.59 Å². The van der Waals surface area contributed by atoms with Crippen molar-refractivity contribution in [3.05, 3.63) is 102 Å². The van der Waals surface area contributed by atoms with Crippen molar-refractivity contribution in [2.75, 3.05) is 16.8 Å². The molecule has 0 fully saturated rings. The van der Waals surface area contributed by atoms with Crippen molar-refractivity contribution in [3.63, 3.8) is 0 Å². The second-order valence-corrected chi connectivity index (χ2v) is 9.14. The molecular weight excluding hydrogens is 452 g/mol. The van der Waals surface area contributed by atoms with Crippen LogP contribution in [0.25, 0.3) is 5.69 Å². The smallest absolute Gasteiger partial charge is 0.322 e. The Hall–Kier alpha value is -4.26. The predicted octanol–water partition coefficient (Wildman–Crippen LogP) is 6.01. The van der Waals surface area contributed by atoms with Crippen LogP contribution in [0.1, 0.15) is 43.8 Å². The summed E-state index contributed by atoms with van der Waals surface area (Å²) in [4.78, 5) is 30.8. The van der Waals surface area contributed by atoms with Crippen molar-refractivity contribution < 1.29 is 14.0 Å². The first-order chi connectivity index (χ1) is 17.5. The van der Waals surface area contributed by atoms with Crippen LogP contribution in [-0.2, 0) is 11.2 Å². The Morgan fingerprint density at radius 2 is 1.72 bits per heavy atom. The Bertz CT molecular complexity index is 1370. The molecule has 7 heteroatoms. The van der Waals surface area contributed by atoms with Crippen LogP contribution >= 0.6 is 0 Å². The summed E-state index contributed by atoms with van der Waals surface area (Å²) in [5, 5.41) is 3.01. The van der Waals surface area contributed by atoms with Crippen molar-refractivity contribution in [2.45, 2.75) is 39.3 Å². The second kappa shape index (κ2) is 9.77. The number of benzene rings is 2. The van der Waals surface area contributed by atoms with Gasteiger partial charge in [0.05, 0.1) is 23.3 Å². The van der Waals surface area contributed by atoms with Crippen LogP contribution in [0.15, 0.2) is 89.7 Å². The molecule has 0 saturated carbocycles. The van der Waals surface area contributed by atoms with Gasteiger partial charge >= 0.3 is 6.03 Å². The minimum absolute atomic E-state index is 0.0793. The van der Waals surface area contributed by atoms with Gasteiger partial charge in [-0.1, -0.05) is 37.3 Å². The first-order valence-electron chi connectivity index (χ1n) is 12.3. The summed E-state index contributed by atoms with van der Waals surface area (Å²) in [5.74, 6) is 0.471. The van der Waals surface area contributed by atoms with E-state index in [1.807, 2.05) is 99.8 Å². The van der Waals surface area contributed by atoms with Crippen molar-refractivity contribution in [3.8, 4) is 5.69 Å². The van der Waals surface area contributed by atoms with Gasteiger partial charge in [0.2, 0.25) is 5.91 Å². The fourth-order valence-electron chi connectivity index (χ4n) is 4.83. The number of para-hydroxylation sites is 3. The number of carbonyl (C=O) groups excluding carboxylic acids is 2. The summed E-state index contributed by atoms with van der Waals surface area (Å²) in [6, 6.07) is 22.3. The molecule has 3 amide bonds. The number of carbonyl (C=O) groups is 2. The summed E-state index contributed by atoms with van der Waals surface area (Å²) < 4.78 is 7.88. The van der Waals surface area contributed by atoms with E-state index in [4.69, 9.17) is 4.42 Å². The molecule has 5 rings (SSSR count). The molecule has 0 radical (unpaired) electrons. The number of aryl methyl sites for hydroxylation is 1. The van der Waals surface area contributed by atoms with Crippen molar-refractivity contribution in [2.24, 2.45) is 0 Å². The van der Waals surface area contributed by atoms with E-state index in [0.717, 1.165) is 34.7 Å². The Labute approximate surface area is 210 Å². The van der Waals surface area contributed by atoms with E-state index in [2.05, 4.69) is 9.88 Å². The molecule has 1 N–H and O–H groups in total. The lowest BCUT2D eigenvalue weighted by molar-refractivity contribution is -0.120. The minimum Gasteiger partial charge on any atom is -0.467 e. The first kappa shape index (κ1) is 23.5. The van der Waals surface area contributed by atoms with Gasteiger partial charge in [0.1, 0.15) is 18.3 Å². The number of hydrogen-bond acceptors (Lipinski definition) is 3. The summed E-state index contributed by atoms with van der Waals surface area (Å²) in [6.45, 7) is 5.80. The SMILES string of the molecule is CCc1ccccc1NC(=O)N(CC(=O)N1c2ccccc2-n2cccc2C1c1ccco1)C(C)C. The molecule has 7 nitrogen and oxygen atoms in total. The molecular formula is C29H30N4O3. The normalized spacial score (nSPS) is 14.3. The Morgan fingerprint density at radius 1 is 0.972 bits per heavy atom. The standard InChI is InChI=1S/C29H30N4O3/c1-4-21-11-5-6-12-22(21)30-29(35)32(20(2)3)19-27(34)33-24-14-8-7-13-23(24)31-17-9-15-25(31)28(33)26-16-10-18-36-26/h5-18,20,28H,4,19H2,1-3H3,(H,30,35). The van der Waals surface area contributed by atoms with Crippen molar-refractivity contribution in [1.82, 2.24) is 9.47 Å². The quantitative estimate of drug-likeness (QED) is 0.366. The van der Waals surface area contributed by atoms with Crippen LogP contribution in [-0.4, -0.2) is 34.0 Å². The zero-order valence-electron chi connectivity index (χ0n) is 20.7. The third kappa shape index (κ3) is 4.17. The summed E-state index contributed by atoms with van der Waals surface area (Å²) >= 11 is 0. The first-order valence-corrected chi connectivity index (χ1v) is 12.3. The molecule has 1 aliphatic rings. The van der Waals surface area contributed by atoms with E-state index < -0.39 is 6.04 Å². The van der Waals surface area contributed by atoms with E-state index in [0.29, 0.717) is 5.76 Å². The van der Waals surface area contributed by atoms with E-state index >= 15 is 0 Å². The largest absolute Gasteiger partial charge is 0.467 e. The van der Waals surface area contributed by atoms with Crippen molar-refractivity contribution in [1.29, 1.82) is 0 Å². The predicted molar refractivity (Wildman–Crippen MR) is 140 cm³/mol. The molecule has 0 saturated heterocycles. The van der Waals surface area contributed by atoms with Gasteiger partial charge in [-0.3, -0.25) is 9.69 Å². The van der Waals surface area contributed by atoms with Gasteiger partial charge in [-0.15, -0.1) is 0 Å². The fraction of sp³-hybridized carbons (Fsp3) is 0.241. The molecule has 184 valence electrons. The minimum atomic E-state index is -0.449. The fourth-order valence-corrected chi connectivity index (χ4v) is 4.83. The van der Waals surface area contributed by atoms with Crippen LogP contribution < -0.4 is 10.2 Å². The maximum Gasteiger partial charge on any atom is 0.322 e. The van der Waals surface area contributed by atoms with Gasteiger partial charge in [-0.05, 0) is 68.3 Å². The highest BCUT2D eigenvalue weighted by Crippen LogP contribution is 2.42. The van der Waals surface area contributed by atoms with Crippen LogP contribution in [0.4, 0.5) is 16.2 Å². The van der Waals surface area contributed by atoms with Gasteiger partial charge in [0.25, 0.3) is 0 Å². The third-order valence-electron chi connectivity index (χ3n) is 6.63. The number of amides is 3. The lowest BCUT2D eigenvalue weighted by Crippen LogP contribution is -2.49. The third-order valence-corrected chi connectivity index (χ3v) is 6.63. The maximum atomic E-state index is 14.0. The summed E-state index contributed by atoms with van der Waals surface area (Å²) in [7, 11) is 0. The lowest BCUT2D eigenvalue weighted by Gasteiger charge is -2.38. The molecule has 3 heterocycles. The van der Waals surface area contributed by atoms with E-state index in [1.54, 1.807) is 16.1 Å². The van der Waals surface area contributed by atoms with Crippen LogP contribution in [0.3, 0.4) is 0 Å². The summed E-state index contributed by atoms with van der Waals surface area (Å²) in [5.41, 5.74) is 4.41. The number of hydrogen-bond donors (Lipinski definition) is 1. The van der Waals surface area contributed by atoms with Gasteiger partial charge in [-0.25, -0.2) is 4.79 Å². The van der Waals surface area contributed by atoms with E-state index in [-0.39, 0.29) is 24.5 Å². The highest BCUT2D eigenvalue weighted by Gasteiger charge is 2.38. The molecule has 0 bridgehead atoms. The second-order valence-electron chi connectivity index (χ2n) is 9.14. The topological polar surface area (TPSA) is 70.7 Å². The number of nitrogens with zero attached hydrogens (tertiary/aromatic N) is 3. The molecule has 0 aliphatic carbocycles. The number of fused-ring (bicyclic) bond motifs is 3. The van der Waals surface area contributed by atoms with E-state index in [1.165, 1.54) is 0 Å². The number of rotatable bonds is 6. The maximum absolute atomic E-state index is 14.0. The zero-order chi connectivity index (χ0) is 25.2. The highest BCUT2D eigenvalue weighted by atomic mass is 16.3. The highest BCUT2D eigenvalue weighted by molar-refractivity contribution is 6.01. The van der Waals surface area contributed by atoms with Gasteiger partial charge in [0, 0.05) is 17.9 Å². The monoisotopic (exact) mass is 482 g/mol. The number of furan rings is 1. The molecule has 1 atom stereocenters. The number of anilines is 2. The average Bonchev–Trinajstić information content (AvgIpc) is 3.59. The van der Waals surface area contributed by atoms with Gasteiger partial charge < -0.3 is 19.2 Å². The molecule has 2 aromatic heterocycles. The van der Waals surface area contributed by atoms with Crippen LogP contribution in [0.2, 0.25) is 0 Å². The Morgan fingerprint density at radius 3 is 2.44 bits per heavy atom. The molecule has 1 aliphatic heterocycles. The zero-order valence-corrected chi connectivity index (χ0v) is 20.7. The molecule has 4 aromatic rings. The molecule has 0 spiro atoms. The number of urea groups is 1. The van der Waals surface area contributed by atoms with Gasteiger partial charge in [0.15, 0.2) is 0 Å². The molecule has 2 aromatic carbocycles. The lowest BCUT2D eigenvalue weighted by atomic mass is 10.0. The Kier molecular flexibility index (Phi) is 6.38. The van der Waals surface area contributed by atoms with Gasteiger partial charge in [-0.2, -0.15) is 0 Å². The van der Waals surface area contributed by atoms with Crippen LogP contribution in [0, 0.1) is 0 Å². The molecule has 36 heavy (non-hydrogen) atoms. The average molecular weight is 483 g/mol. The number of nitrogens with one attached hydrogen (secondary N) is 1. The molecule has 1 unspecified atom stereocenters. The number of aromatic nitrogens is 1.